The topological polar surface area (TPSA) is 38.3 Å². The number of carbonyl (C=O) groups is 1. The molecule has 0 aromatic carbocycles. The Morgan fingerprint density at radius 3 is 2.73 bits per heavy atom. The molecule has 66 valence electrons. The number of carbonyl (C=O) groups excluding carboxylic acids is 1. The third-order valence-electron chi connectivity index (χ3n) is 1.31. The van der Waals surface area contributed by atoms with Gasteiger partial charge in [0.25, 0.3) is 0 Å². The third-order valence-corrected chi connectivity index (χ3v) is 1.31. The average molecular weight is 159 g/mol. The first kappa shape index (κ1) is 10.4. The summed E-state index contributed by atoms with van der Waals surface area (Å²) >= 11 is 0. The predicted octanol–water partition coefficient (Wildman–Crippen LogP) is 0.939. The van der Waals surface area contributed by atoms with Crippen LogP contribution < -0.4 is 5.32 Å². The van der Waals surface area contributed by atoms with Crippen molar-refractivity contribution in [1.82, 2.24) is 5.32 Å². The van der Waals surface area contributed by atoms with Gasteiger partial charge < -0.3 is 10.1 Å². The van der Waals surface area contributed by atoms with Gasteiger partial charge in [0, 0.05) is 26.2 Å². The van der Waals surface area contributed by atoms with Gasteiger partial charge in [-0.05, 0) is 13.3 Å². The van der Waals surface area contributed by atoms with Crippen molar-refractivity contribution in [2.75, 3.05) is 19.8 Å². The lowest BCUT2D eigenvalue weighted by Gasteiger charge is -2.02. The number of hydrogen-bond donors (Lipinski definition) is 1. The van der Waals surface area contributed by atoms with Crippen molar-refractivity contribution in [3.63, 3.8) is 0 Å². The molecule has 0 spiro atoms. The summed E-state index contributed by atoms with van der Waals surface area (Å²) in [7, 11) is 0. The quantitative estimate of drug-likeness (QED) is 0.586. The number of rotatable bonds is 6. The summed E-state index contributed by atoms with van der Waals surface area (Å²) in [6.45, 7) is 6.03. The molecule has 0 aliphatic heterocycles. The van der Waals surface area contributed by atoms with Crippen LogP contribution >= 0.6 is 0 Å². The van der Waals surface area contributed by atoms with Gasteiger partial charge in [-0.25, -0.2) is 0 Å². The van der Waals surface area contributed by atoms with E-state index in [0.29, 0.717) is 6.42 Å². The first-order valence-corrected chi connectivity index (χ1v) is 4.15. The third kappa shape index (κ3) is 7.33. The standard InChI is InChI=1S/C8H17NO2/c1-3-8(10)9-6-5-7-11-4-2/h3-7H2,1-2H3,(H,9,10). The summed E-state index contributed by atoms with van der Waals surface area (Å²) in [5.74, 6) is 0.112. The molecule has 0 rings (SSSR count). The van der Waals surface area contributed by atoms with Crippen LogP contribution in [0, 0.1) is 0 Å². The lowest BCUT2D eigenvalue weighted by atomic mass is 10.4. The van der Waals surface area contributed by atoms with Crippen LogP contribution in [0.3, 0.4) is 0 Å². The second-order valence-electron chi connectivity index (χ2n) is 2.25. The first-order valence-electron chi connectivity index (χ1n) is 4.15. The molecule has 0 atom stereocenters. The summed E-state index contributed by atoms with van der Waals surface area (Å²) < 4.78 is 5.10. The Morgan fingerprint density at radius 2 is 2.18 bits per heavy atom. The van der Waals surface area contributed by atoms with Crippen molar-refractivity contribution in [3.05, 3.63) is 0 Å². The van der Waals surface area contributed by atoms with E-state index in [9.17, 15) is 4.79 Å². The Labute approximate surface area is 68.1 Å². The summed E-state index contributed by atoms with van der Waals surface area (Å²) in [6.07, 6.45) is 1.47. The Balaban J connectivity index is 2.95. The molecule has 0 aromatic rings. The van der Waals surface area contributed by atoms with Gasteiger partial charge in [0.15, 0.2) is 0 Å². The van der Waals surface area contributed by atoms with Crippen molar-refractivity contribution in [3.8, 4) is 0 Å². The molecule has 0 fully saturated rings. The number of nitrogens with one attached hydrogen (secondary N) is 1. The van der Waals surface area contributed by atoms with Crippen LogP contribution in [0.5, 0.6) is 0 Å². The summed E-state index contributed by atoms with van der Waals surface area (Å²) in [5.41, 5.74) is 0. The lowest BCUT2D eigenvalue weighted by molar-refractivity contribution is -0.120. The first-order chi connectivity index (χ1) is 5.31. The van der Waals surface area contributed by atoms with Crippen molar-refractivity contribution >= 4 is 5.91 Å². The molecule has 0 unspecified atom stereocenters. The molecule has 0 saturated heterocycles. The molecule has 1 N–H and O–H groups in total. The zero-order valence-corrected chi connectivity index (χ0v) is 7.35. The van der Waals surface area contributed by atoms with Gasteiger partial charge >= 0.3 is 0 Å². The lowest BCUT2D eigenvalue weighted by Crippen LogP contribution is -2.24. The van der Waals surface area contributed by atoms with Crippen molar-refractivity contribution in [2.45, 2.75) is 26.7 Å². The van der Waals surface area contributed by atoms with Crippen LogP contribution in [0.4, 0.5) is 0 Å². The average Bonchev–Trinajstić information content (AvgIpc) is 2.04. The fourth-order valence-electron chi connectivity index (χ4n) is 0.671. The molecule has 3 nitrogen and oxygen atoms in total. The van der Waals surface area contributed by atoms with E-state index >= 15 is 0 Å². The molecular weight excluding hydrogens is 142 g/mol. The number of amides is 1. The van der Waals surface area contributed by atoms with Gasteiger partial charge in [-0.3, -0.25) is 4.79 Å². The highest BCUT2D eigenvalue weighted by molar-refractivity contribution is 5.75. The highest BCUT2D eigenvalue weighted by Gasteiger charge is 1.93. The van der Waals surface area contributed by atoms with Gasteiger partial charge in [-0.15, -0.1) is 0 Å². The molecule has 0 aliphatic carbocycles. The summed E-state index contributed by atoms with van der Waals surface area (Å²) in [4.78, 5) is 10.7. The van der Waals surface area contributed by atoms with E-state index in [1.54, 1.807) is 0 Å². The van der Waals surface area contributed by atoms with E-state index in [2.05, 4.69) is 5.32 Å². The highest BCUT2D eigenvalue weighted by atomic mass is 16.5. The van der Waals surface area contributed by atoms with Crippen LogP contribution in [-0.2, 0) is 9.53 Å². The van der Waals surface area contributed by atoms with Crippen LogP contribution in [0.2, 0.25) is 0 Å². The van der Waals surface area contributed by atoms with Crippen molar-refractivity contribution < 1.29 is 9.53 Å². The normalized spacial score (nSPS) is 9.64. The van der Waals surface area contributed by atoms with Crippen LogP contribution in [-0.4, -0.2) is 25.7 Å². The highest BCUT2D eigenvalue weighted by Crippen LogP contribution is 1.81. The molecule has 0 radical (unpaired) electrons. The van der Waals surface area contributed by atoms with Crippen LogP contribution in [0.25, 0.3) is 0 Å². The molecule has 0 saturated carbocycles. The maximum Gasteiger partial charge on any atom is 0.219 e. The molecule has 1 amide bonds. The minimum absolute atomic E-state index is 0.112. The molecule has 11 heavy (non-hydrogen) atoms. The molecule has 3 heteroatoms. The maximum atomic E-state index is 10.7. The monoisotopic (exact) mass is 159 g/mol. The van der Waals surface area contributed by atoms with E-state index in [1.165, 1.54) is 0 Å². The molecule has 0 aromatic heterocycles. The fourth-order valence-corrected chi connectivity index (χ4v) is 0.671. The zero-order chi connectivity index (χ0) is 8.53. The van der Waals surface area contributed by atoms with E-state index in [4.69, 9.17) is 4.74 Å². The number of ether oxygens (including phenoxy) is 1. The van der Waals surface area contributed by atoms with Gasteiger partial charge in [0.2, 0.25) is 5.91 Å². The molecule has 0 aliphatic rings. The summed E-state index contributed by atoms with van der Waals surface area (Å²) in [5, 5.41) is 2.77. The van der Waals surface area contributed by atoms with Crippen molar-refractivity contribution in [2.24, 2.45) is 0 Å². The van der Waals surface area contributed by atoms with Crippen LogP contribution in [0.1, 0.15) is 26.7 Å². The van der Waals surface area contributed by atoms with Crippen LogP contribution in [0.15, 0.2) is 0 Å². The van der Waals surface area contributed by atoms with E-state index in [0.717, 1.165) is 26.2 Å². The molecule has 0 heterocycles. The van der Waals surface area contributed by atoms with E-state index in [-0.39, 0.29) is 5.91 Å². The Kier molecular flexibility index (Phi) is 7.15. The smallest absolute Gasteiger partial charge is 0.219 e. The minimum Gasteiger partial charge on any atom is -0.382 e. The second kappa shape index (κ2) is 7.54. The van der Waals surface area contributed by atoms with Gasteiger partial charge in [-0.1, -0.05) is 6.92 Å². The largest absolute Gasteiger partial charge is 0.382 e. The maximum absolute atomic E-state index is 10.7. The van der Waals surface area contributed by atoms with Gasteiger partial charge in [-0.2, -0.15) is 0 Å². The van der Waals surface area contributed by atoms with E-state index in [1.807, 2.05) is 13.8 Å². The fraction of sp³-hybridized carbons (Fsp3) is 0.875. The van der Waals surface area contributed by atoms with Gasteiger partial charge in [0.1, 0.15) is 0 Å². The Bertz CT molecular complexity index is 104. The SMILES string of the molecule is CCOCCCNC(=O)CC. The predicted molar refractivity (Wildman–Crippen MR) is 44.4 cm³/mol. The molecule has 0 bridgehead atoms. The Morgan fingerprint density at radius 1 is 1.45 bits per heavy atom. The zero-order valence-electron chi connectivity index (χ0n) is 7.35. The van der Waals surface area contributed by atoms with Gasteiger partial charge in [0.05, 0.1) is 0 Å². The molecular formula is C8H17NO2. The Hall–Kier alpha value is -0.570. The summed E-state index contributed by atoms with van der Waals surface area (Å²) in [6, 6.07) is 0. The van der Waals surface area contributed by atoms with Crippen molar-refractivity contribution in [1.29, 1.82) is 0 Å². The minimum atomic E-state index is 0.112. The number of hydrogen-bond acceptors (Lipinski definition) is 2. The van der Waals surface area contributed by atoms with E-state index < -0.39 is 0 Å². The second-order valence-corrected chi connectivity index (χ2v) is 2.25.